The van der Waals surface area contributed by atoms with E-state index in [-0.39, 0.29) is 17.0 Å². The standard InChI is InChI=1S/C20H21F3N2O4S/c21-20(22,23)16-2-1-3-17(14-16)24-19(26)9-6-15-4-7-18(8-5-15)30(27,28)25-10-12-29-13-11-25/h1-5,7-8,14H,6,9-13H2,(H,24,26). The van der Waals surface area contributed by atoms with Gasteiger partial charge < -0.3 is 10.1 Å². The molecule has 30 heavy (non-hydrogen) atoms. The van der Waals surface area contributed by atoms with Gasteiger partial charge in [0.1, 0.15) is 0 Å². The molecule has 3 rings (SSSR count). The molecule has 2 aromatic carbocycles. The third-order valence-corrected chi connectivity index (χ3v) is 6.56. The number of benzene rings is 2. The summed E-state index contributed by atoms with van der Waals surface area (Å²) in [5, 5.41) is 2.45. The van der Waals surface area contributed by atoms with E-state index in [1.807, 2.05) is 0 Å². The maximum atomic E-state index is 12.7. The van der Waals surface area contributed by atoms with Gasteiger partial charge in [-0.2, -0.15) is 17.5 Å². The average molecular weight is 442 g/mol. The number of amides is 1. The fourth-order valence-corrected chi connectivity index (χ4v) is 4.43. The number of anilines is 1. The van der Waals surface area contributed by atoms with Gasteiger partial charge in [0, 0.05) is 25.2 Å². The minimum Gasteiger partial charge on any atom is -0.379 e. The van der Waals surface area contributed by atoms with Crippen molar-refractivity contribution in [1.82, 2.24) is 4.31 Å². The Morgan fingerprint density at radius 2 is 1.73 bits per heavy atom. The second kappa shape index (κ2) is 9.15. The molecule has 162 valence electrons. The number of aryl methyl sites for hydroxylation is 1. The summed E-state index contributed by atoms with van der Waals surface area (Å²) < 4.78 is 70.0. The van der Waals surface area contributed by atoms with Crippen LogP contribution in [-0.2, 0) is 32.2 Å². The molecule has 0 spiro atoms. The molecule has 2 aromatic rings. The van der Waals surface area contributed by atoms with E-state index in [4.69, 9.17) is 4.74 Å². The molecule has 10 heteroatoms. The summed E-state index contributed by atoms with van der Waals surface area (Å²) in [7, 11) is -3.58. The zero-order valence-corrected chi connectivity index (χ0v) is 16.8. The van der Waals surface area contributed by atoms with Crippen molar-refractivity contribution in [2.75, 3.05) is 31.6 Å². The number of sulfonamides is 1. The van der Waals surface area contributed by atoms with Gasteiger partial charge in [0.05, 0.1) is 23.7 Å². The Morgan fingerprint density at radius 1 is 1.07 bits per heavy atom. The van der Waals surface area contributed by atoms with Crippen molar-refractivity contribution < 1.29 is 31.1 Å². The molecule has 6 nitrogen and oxygen atoms in total. The van der Waals surface area contributed by atoms with Gasteiger partial charge in [-0.25, -0.2) is 8.42 Å². The molecule has 0 unspecified atom stereocenters. The monoisotopic (exact) mass is 442 g/mol. The molecule has 1 N–H and O–H groups in total. The number of nitrogens with one attached hydrogen (secondary N) is 1. The molecule has 0 saturated carbocycles. The third-order valence-electron chi connectivity index (χ3n) is 4.65. The Balaban J connectivity index is 1.57. The van der Waals surface area contributed by atoms with Crippen LogP contribution in [0.1, 0.15) is 17.5 Å². The normalized spacial score (nSPS) is 15.7. The number of rotatable bonds is 6. The Labute approximate surface area is 172 Å². The van der Waals surface area contributed by atoms with Gasteiger partial charge >= 0.3 is 6.18 Å². The van der Waals surface area contributed by atoms with Crippen molar-refractivity contribution in [2.24, 2.45) is 0 Å². The van der Waals surface area contributed by atoms with Crippen molar-refractivity contribution in [3.05, 3.63) is 59.7 Å². The van der Waals surface area contributed by atoms with Crippen LogP contribution in [0.25, 0.3) is 0 Å². The highest BCUT2D eigenvalue weighted by Gasteiger charge is 2.30. The zero-order valence-electron chi connectivity index (χ0n) is 16.0. The van der Waals surface area contributed by atoms with E-state index in [1.165, 1.54) is 28.6 Å². The second-order valence-corrected chi connectivity index (χ2v) is 8.73. The van der Waals surface area contributed by atoms with Gasteiger partial charge in [-0.1, -0.05) is 18.2 Å². The van der Waals surface area contributed by atoms with Gasteiger partial charge in [0.25, 0.3) is 0 Å². The number of hydrogen-bond donors (Lipinski definition) is 1. The molecular weight excluding hydrogens is 421 g/mol. The van der Waals surface area contributed by atoms with Gasteiger partial charge in [-0.15, -0.1) is 0 Å². The lowest BCUT2D eigenvalue weighted by molar-refractivity contribution is -0.137. The SMILES string of the molecule is O=C(CCc1ccc(S(=O)(=O)N2CCOCC2)cc1)Nc1cccc(C(F)(F)F)c1. The Bertz CT molecular complexity index is 986. The highest BCUT2D eigenvalue weighted by Crippen LogP contribution is 2.30. The van der Waals surface area contributed by atoms with Crippen LogP contribution in [0.3, 0.4) is 0 Å². The summed E-state index contributed by atoms with van der Waals surface area (Å²) in [6, 6.07) is 10.7. The number of halogens is 3. The summed E-state index contributed by atoms with van der Waals surface area (Å²) in [5.41, 5.74) is -0.0192. The predicted molar refractivity (Wildman–Crippen MR) is 104 cm³/mol. The Hall–Kier alpha value is -2.43. The maximum absolute atomic E-state index is 12.7. The number of carbonyl (C=O) groups is 1. The molecule has 1 saturated heterocycles. The lowest BCUT2D eigenvalue weighted by atomic mass is 10.1. The number of nitrogens with zero attached hydrogens (tertiary/aromatic N) is 1. The van der Waals surface area contributed by atoms with Crippen molar-refractivity contribution in [3.63, 3.8) is 0 Å². The Morgan fingerprint density at radius 3 is 2.37 bits per heavy atom. The van der Waals surface area contributed by atoms with E-state index in [1.54, 1.807) is 12.1 Å². The van der Waals surface area contributed by atoms with E-state index in [0.717, 1.165) is 17.7 Å². The maximum Gasteiger partial charge on any atom is 0.416 e. The molecule has 1 amide bonds. The highest BCUT2D eigenvalue weighted by molar-refractivity contribution is 7.89. The first kappa shape index (κ1) is 22.3. The first-order valence-corrected chi connectivity index (χ1v) is 10.7. The molecule has 0 radical (unpaired) electrons. The van der Waals surface area contributed by atoms with E-state index >= 15 is 0 Å². The quantitative estimate of drug-likeness (QED) is 0.745. The van der Waals surface area contributed by atoms with E-state index in [2.05, 4.69) is 5.32 Å². The third kappa shape index (κ3) is 5.59. The molecule has 1 aliphatic heterocycles. The first-order chi connectivity index (χ1) is 14.2. The predicted octanol–water partition coefficient (Wildman–Crippen LogP) is 3.30. The van der Waals surface area contributed by atoms with Gasteiger partial charge in [-0.3, -0.25) is 4.79 Å². The number of morpholine rings is 1. The summed E-state index contributed by atoms with van der Waals surface area (Å²) in [5.74, 6) is -0.431. The van der Waals surface area contributed by atoms with Crippen LogP contribution in [0, 0.1) is 0 Å². The van der Waals surface area contributed by atoms with Crippen LogP contribution in [0.4, 0.5) is 18.9 Å². The molecule has 1 fully saturated rings. The number of ether oxygens (including phenoxy) is 1. The molecule has 0 aromatic heterocycles. The van der Waals surface area contributed by atoms with E-state index < -0.39 is 27.7 Å². The summed E-state index contributed by atoms with van der Waals surface area (Å²) in [6.45, 7) is 1.33. The van der Waals surface area contributed by atoms with Crippen molar-refractivity contribution in [2.45, 2.75) is 23.9 Å². The van der Waals surface area contributed by atoms with Gasteiger partial charge in [0.15, 0.2) is 0 Å². The van der Waals surface area contributed by atoms with Crippen LogP contribution in [0.15, 0.2) is 53.4 Å². The largest absolute Gasteiger partial charge is 0.416 e. The number of hydrogen-bond acceptors (Lipinski definition) is 4. The molecular formula is C20H21F3N2O4S. The fourth-order valence-electron chi connectivity index (χ4n) is 3.02. The van der Waals surface area contributed by atoms with Crippen LogP contribution < -0.4 is 5.32 Å². The lowest BCUT2D eigenvalue weighted by Gasteiger charge is -2.26. The molecule has 0 aliphatic carbocycles. The highest BCUT2D eigenvalue weighted by atomic mass is 32.2. The van der Waals surface area contributed by atoms with Gasteiger partial charge in [-0.05, 0) is 42.3 Å². The van der Waals surface area contributed by atoms with Crippen LogP contribution in [0.5, 0.6) is 0 Å². The first-order valence-electron chi connectivity index (χ1n) is 9.30. The van der Waals surface area contributed by atoms with Gasteiger partial charge in [0.2, 0.25) is 15.9 Å². The van der Waals surface area contributed by atoms with E-state index in [0.29, 0.717) is 32.7 Å². The minimum atomic E-state index is -4.48. The topological polar surface area (TPSA) is 75.7 Å². The summed E-state index contributed by atoms with van der Waals surface area (Å²) in [6.07, 6.45) is -4.11. The van der Waals surface area contributed by atoms with E-state index in [9.17, 15) is 26.4 Å². The number of carbonyl (C=O) groups excluding carboxylic acids is 1. The second-order valence-electron chi connectivity index (χ2n) is 6.79. The molecule has 1 heterocycles. The van der Waals surface area contributed by atoms with Crippen molar-refractivity contribution in [1.29, 1.82) is 0 Å². The smallest absolute Gasteiger partial charge is 0.379 e. The molecule has 1 aliphatic rings. The number of alkyl halides is 3. The summed E-state index contributed by atoms with van der Waals surface area (Å²) in [4.78, 5) is 12.2. The Kier molecular flexibility index (Phi) is 6.79. The van der Waals surface area contributed by atoms with Crippen LogP contribution in [0.2, 0.25) is 0 Å². The summed E-state index contributed by atoms with van der Waals surface area (Å²) >= 11 is 0. The van der Waals surface area contributed by atoms with Crippen molar-refractivity contribution in [3.8, 4) is 0 Å². The zero-order chi connectivity index (χ0) is 21.8. The molecule has 0 bridgehead atoms. The minimum absolute atomic E-state index is 0.0474. The van der Waals surface area contributed by atoms with Crippen LogP contribution in [-0.4, -0.2) is 44.9 Å². The lowest BCUT2D eigenvalue weighted by Crippen LogP contribution is -2.40. The fraction of sp³-hybridized carbons (Fsp3) is 0.350. The molecule has 0 atom stereocenters. The van der Waals surface area contributed by atoms with Crippen molar-refractivity contribution >= 4 is 21.6 Å². The average Bonchev–Trinajstić information content (AvgIpc) is 2.73. The van der Waals surface area contributed by atoms with Crippen LogP contribution >= 0.6 is 0 Å².